The highest BCUT2D eigenvalue weighted by Gasteiger charge is 2.15. The summed E-state index contributed by atoms with van der Waals surface area (Å²) >= 11 is 0. The first kappa shape index (κ1) is 15.7. The highest BCUT2D eigenvalue weighted by Crippen LogP contribution is 2.24. The number of nitrogens with two attached hydrogens (primary N) is 1. The van der Waals surface area contributed by atoms with Gasteiger partial charge in [-0.1, -0.05) is 13.8 Å². The fourth-order valence-electron chi connectivity index (χ4n) is 2.03. The minimum atomic E-state index is 0.572. The molecule has 0 aliphatic rings. The predicted molar refractivity (Wildman–Crippen MR) is 78.7 cm³/mol. The van der Waals surface area contributed by atoms with Crippen LogP contribution in [0.15, 0.2) is 6.33 Å². The van der Waals surface area contributed by atoms with E-state index in [4.69, 9.17) is 10.5 Å². The van der Waals surface area contributed by atoms with Gasteiger partial charge in [-0.25, -0.2) is 9.97 Å². The second-order valence-electron chi connectivity index (χ2n) is 5.04. The van der Waals surface area contributed by atoms with Gasteiger partial charge >= 0.3 is 0 Å². The van der Waals surface area contributed by atoms with Gasteiger partial charge in [-0.15, -0.1) is 0 Å². The molecule has 0 amide bonds. The van der Waals surface area contributed by atoms with E-state index in [9.17, 15) is 0 Å². The Bertz CT molecular complexity index is 382. The lowest BCUT2D eigenvalue weighted by Gasteiger charge is -2.27. The molecule has 1 aromatic rings. The smallest absolute Gasteiger partial charge is 0.221 e. The lowest BCUT2D eigenvalue weighted by molar-refractivity contribution is 0.323. The maximum absolute atomic E-state index is 5.62. The largest absolute Gasteiger partial charge is 0.478 e. The van der Waals surface area contributed by atoms with Crippen molar-refractivity contribution in [3.05, 3.63) is 11.9 Å². The van der Waals surface area contributed by atoms with Crippen molar-refractivity contribution in [2.24, 2.45) is 11.7 Å². The number of hydrogen-bond donors (Lipinski definition) is 1. The van der Waals surface area contributed by atoms with Crippen molar-refractivity contribution >= 4 is 5.82 Å². The zero-order valence-corrected chi connectivity index (χ0v) is 12.5. The SMILES string of the molecule is CCOc1ncnc(N(CCCN)CC(C)C)c1C. The molecule has 5 heteroatoms. The van der Waals surface area contributed by atoms with Crippen LogP contribution < -0.4 is 15.4 Å². The molecule has 2 N–H and O–H groups in total. The standard InChI is InChI=1S/C14H26N4O/c1-5-19-14-12(4)13(16-10-17-14)18(8-6-7-15)9-11(2)3/h10-11H,5-9,15H2,1-4H3. The summed E-state index contributed by atoms with van der Waals surface area (Å²) in [7, 11) is 0. The Kier molecular flexibility index (Phi) is 6.56. The fraction of sp³-hybridized carbons (Fsp3) is 0.714. The van der Waals surface area contributed by atoms with E-state index in [1.807, 2.05) is 13.8 Å². The van der Waals surface area contributed by atoms with E-state index in [0.29, 0.717) is 24.9 Å². The predicted octanol–water partition coefficient (Wildman–Crippen LogP) is 1.99. The van der Waals surface area contributed by atoms with Gasteiger partial charge in [0, 0.05) is 13.1 Å². The lowest BCUT2D eigenvalue weighted by atomic mass is 10.2. The summed E-state index contributed by atoms with van der Waals surface area (Å²) in [5.74, 6) is 2.21. The molecular weight excluding hydrogens is 240 g/mol. The average molecular weight is 266 g/mol. The molecule has 0 saturated carbocycles. The number of aromatic nitrogens is 2. The third-order valence-corrected chi connectivity index (χ3v) is 2.81. The Hall–Kier alpha value is -1.36. The Morgan fingerprint density at radius 2 is 2.11 bits per heavy atom. The van der Waals surface area contributed by atoms with E-state index in [-0.39, 0.29) is 0 Å². The van der Waals surface area contributed by atoms with Gasteiger partial charge in [-0.2, -0.15) is 0 Å². The summed E-state index contributed by atoms with van der Waals surface area (Å²) in [5, 5.41) is 0. The quantitative estimate of drug-likeness (QED) is 0.779. The number of rotatable bonds is 8. The van der Waals surface area contributed by atoms with Crippen LogP contribution >= 0.6 is 0 Å². The molecule has 0 spiro atoms. The Morgan fingerprint density at radius 3 is 2.68 bits per heavy atom. The monoisotopic (exact) mass is 266 g/mol. The number of nitrogens with zero attached hydrogens (tertiary/aromatic N) is 3. The molecule has 1 heterocycles. The maximum atomic E-state index is 5.62. The van der Waals surface area contributed by atoms with Crippen molar-refractivity contribution in [3.63, 3.8) is 0 Å². The van der Waals surface area contributed by atoms with Crippen LogP contribution in [0.2, 0.25) is 0 Å². The van der Waals surface area contributed by atoms with Crippen molar-refractivity contribution < 1.29 is 4.74 Å². The highest BCUT2D eigenvalue weighted by atomic mass is 16.5. The lowest BCUT2D eigenvalue weighted by Crippen LogP contribution is -2.31. The van der Waals surface area contributed by atoms with Crippen molar-refractivity contribution in [3.8, 4) is 5.88 Å². The molecule has 0 fully saturated rings. The van der Waals surface area contributed by atoms with E-state index in [2.05, 4.69) is 28.7 Å². The second kappa shape index (κ2) is 7.94. The molecule has 0 bridgehead atoms. The molecule has 0 atom stereocenters. The summed E-state index contributed by atoms with van der Waals surface area (Å²) in [5.41, 5.74) is 6.62. The van der Waals surface area contributed by atoms with Crippen molar-refractivity contribution in [2.75, 3.05) is 31.1 Å². The summed E-state index contributed by atoms with van der Waals surface area (Å²) in [6.07, 6.45) is 2.53. The highest BCUT2D eigenvalue weighted by molar-refractivity contribution is 5.50. The molecule has 0 radical (unpaired) electrons. The molecule has 1 aromatic heterocycles. The fourth-order valence-corrected chi connectivity index (χ4v) is 2.03. The summed E-state index contributed by atoms with van der Waals surface area (Å²) < 4.78 is 5.53. The average Bonchev–Trinajstić information content (AvgIpc) is 2.37. The van der Waals surface area contributed by atoms with E-state index in [0.717, 1.165) is 30.9 Å². The minimum absolute atomic E-state index is 0.572. The third-order valence-electron chi connectivity index (χ3n) is 2.81. The zero-order valence-electron chi connectivity index (χ0n) is 12.5. The summed E-state index contributed by atoms with van der Waals surface area (Å²) in [6, 6.07) is 0. The van der Waals surface area contributed by atoms with Crippen LogP contribution in [0.25, 0.3) is 0 Å². The van der Waals surface area contributed by atoms with Gasteiger partial charge in [-0.3, -0.25) is 0 Å². The normalized spacial score (nSPS) is 10.8. The van der Waals surface area contributed by atoms with Gasteiger partial charge in [0.25, 0.3) is 0 Å². The minimum Gasteiger partial charge on any atom is -0.478 e. The van der Waals surface area contributed by atoms with E-state index < -0.39 is 0 Å². The van der Waals surface area contributed by atoms with Crippen LogP contribution in [0.4, 0.5) is 5.82 Å². The molecule has 19 heavy (non-hydrogen) atoms. The molecule has 0 aromatic carbocycles. The first-order valence-corrected chi connectivity index (χ1v) is 6.99. The topological polar surface area (TPSA) is 64.3 Å². The molecular formula is C14H26N4O. The van der Waals surface area contributed by atoms with Crippen molar-refractivity contribution in [1.82, 2.24) is 9.97 Å². The van der Waals surface area contributed by atoms with Crippen LogP contribution in [-0.2, 0) is 0 Å². The van der Waals surface area contributed by atoms with Crippen LogP contribution in [0, 0.1) is 12.8 Å². The zero-order chi connectivity index (χ0) is 14.3. The first-order chi connectivity index (χ1) is 9.10. The summed E-state index contributed by atoms with van der Waals surface area (Å²) in [4.78, 5) is 10.9. The Morgan fingerprint density at radius 1 is 1.37 bits per heavy atom. The maximum Gasteiger partial charge on any atom is 0.221 e. The van der Waals surface area contributed by atoms with Crippen molar-refractivity contribution in [2.45, 2.75) is 34.1 Å². The second-order valence-corrected chi connectivity index (χ2v) is 5.04. The van der Waals surface area contributed by atoms with Gasteiger partial charge in [0.2, 0.25) is 5.88 Å². The van der Waals surface area contributed by atoms with Crippen molar-refractivity contribution in [1.29, 1.82) is 0 Å². The van der Waals surface area contributed by atoms with E-state index >= 15 is 0 Å². The molecule has 5 nitrogen and oxygen atoms in total. The number of ether oxygens (including phenoxy) is 1. The van der Waals surface area contributed by atoms with Gasteiger partial charge in [-0.05, 0) is 32.7 Å². The van der Waals surface area contributed by atoms with Crippen LogP contribution in [0.5, 0.6) is 5.88 Å². The van der Waals surface area contributed by atoms with Gasteiger partial charge in [0.1, 0.15) is 12.1 Å². The molecule has 108 valence electrons. The summed E-state index contributed by atoms with van der Waals surface area (Å²) in [6.45, 7) is 11.6. The van der Waals surface area contributed by atoms with Crippen LogP contribution in [0.3, 0.4) is 0 Å². The molecule has 0 saturated heterocycles. The third kappa shape index (κ3) is 4.67. The van der Waals surface area contributed by atoms with E-state index in [1.54, 1.807) is 6.33 Å². The number of anilines is 1. The van der Waals surface area contributed by atoms with Gasteiger partial charge in [0.15, 0.2) is 0 Å². The molecule has 1 rings (SSSR count). The molecule has 0 aliphatic heterocycles. The first-order valence-electron chi connectivity index (χ1n) is 6.99. The molecule has 0 unspecified atom stereocenters. The van der Waals surface area contributed by atoms with Crippen LogP contribution in [0.1, 0.15) is 32.8 Å². The van der Waals surface area contributed by atoms with Crippen LogP contribution in [-0.4, -0.2) is 36.2 Å². The number of hydrogen-bond acceptors (Lipinski definition) is 5. The van der Waals surface area contributed by atoms with Gasteiger partial charge in [0.05, 0.1) is 12.2 Å². The van der Waals surface area contributed by atoms with Gasteiger partial charge < -0.3 is 15.4 Å². The Balaban J connectivity index is 2.96. The van der Waals surface area contributed by atoms with E-state index in [1.165, 1.54) is 0 Å². The molecule has 0 aliphatic carbocycles. The Labute approximate surface area is 116 Å².